The molecular weight excluding hydrogens is 518 g/mol. The lowest BCUT2D eigenvalue weighted by atomic mass is 9.77. The van der Waals surface area contributed by atoms with E-state index < -0.39 is 5.41 Å². The minimum atomic E-state index is -0.688. The molecule has 3 aromatic heterocycles. The number of aromatic nitrogens is 3. The van der Waals surface area contributed by atoms with Gasteiger partial charge in [-0.05, 0) is 125 Å². The smallest absolute Gasteiger partial charge is 0.234 e. The molecular formula is C36H45N5O. The Kier molecular flexibility index (Phi) is 7.93. The quantitative estimate of drug-likeness (QED) is 0.218. The number of aromatic amines is 1. The number of amides is 1. The van der Waals surface area contributed by atoms with Crippen molar-refractivity contribution in [3.05, 3.63) is 82.9 Å². The van der Waals surface area contributed by atoms with Crippen LogP contribution >= 0.6 is 0 Å². The number of hydrogen-bond donors (Lipinski definition) is 2. The Morgan fingerprint density at radius 2 is 1.79 bits per heavy atom. The number of aryl methyl sites for hydroxylation is 2. The molecule has 5 heterocycles. The largest absolute Gasteiger partial charge is 0.353 e. The zero-order valence-corrected chi connectivity index (χ0v) is 25.8. The van der Waals surface area contributed by atoms with E-state index in [2.05, 4.69) is 91.2 Å². The number of rotatable bonds is 9. The Balaban J connectivity index is 1.33. The Hall–Kier alpha value is -3.51. The normalized spacial score (nSPS) is 19.4. The molecule has 1 amide bonds. The first-order valence-corrected chi connectivity index (χ1v) is 15.7. The third kappa shape index (κ3) is 5.61. The highest BCUT2D eigenvalue weighted by atomic mass is 16.2. The molecule has 4 aromatic rings. The van der Waals surface area contributed by atoms with Gasteiger partial charge in [-0.15, -0.1) is 0 Å². The minimum absolute atomic E-state index is 0.223. The summed E-state index contributed by atoms with van der Waals surface area (Å²) in [5.41, 5.74) is 8.61. The standard InChI is InChI=1S/C36H45N5O/c1-23-16-24(2)18-28(17-23)34-33(25(3)20-38-15-12-26-10-13-37-14-11-26)30-19-32(39-21-31(30)40-34)36(4,5)35(42)41-22-27-6-8-29(41)9-7-27/h10-11,13-14,16-19,21,25,27,29,38,40H,6-9,12,15,20,22H2,1-5H3. The van der Waals surface area contributed by atoms with Crippen LogP contribution in [0.3, 0.4) is 0 Å². The van der Waals surface area contributed by atoms with Crippen molar-refractivity contribution in [2.24, 2.45) is 5.92 Å². The molecule has 1 atom stereocenters. The summed E-state index contributed by atoms with van der Waals surface area (Å²) in [5.74, 6) is 1.13. The summed E-state index contributed by atoms with van der Waals surface area (Å²) in [4.78, 5) is 29.0. The van der Waals surface area contributed by atoms with Crippen LogP contribution in [-0.2, 0) is 16.6 Å². The lowest BCUT2D eigenvalue weighted by Crippen LogP contribution is -2.55. The van der Waals surface area contributed by atoms with Gasteiger partial charge in [-0.3, -0.25) is 14.8 Å². The first kappa shape index (κ1) is 28.6. The van der Waals surface area contributed by atoms with Gasteiger partial charge >= 0.3 is 0 Å². The van der Waals surface area contributed by atoms with Crippen molar-refractivity contribution in [2.75, 3.05) is 19.6 Å². The van der Waals surface area contributed by atoms with Crippen molar-refractivity contribution in [2.45, 2.75) is 84.1 Å². The Labute approximate surface area is 250 Å². The molecule has 1 unspecified atom stereocenters. The van der Waals surface area contributed by atoms with E-state index in [0.29, 0.717) is 12.0 Å². The first-order valence-electron chi connectivity index (χ1n) is 15.7. The topological polar surface area (TPSA) is 73.9 Å². The second kappa shape index (κ2) is 11.6. The van der Waals surface area contributed by atoms with Gasteiger partial charge in [-0.2, -0.15) is 0 Å². The fraction of sp³-hybridized carbons (Fsp3) is 0.472. The number of benzene rings is 1. The van der Waals surface area contributed by atoms with Crippen LogP contribution in [0.2, 0.25) is 0 Å². The van der Waals surface area contributed by atoms with Crippen molar-refractivity contribution in [3.8, 4) is 11.3 Å². The molecule has 0 radical (unpaired) electrons. The predicted octanol–water partition coefficient (Wildman–Crippen LogP) is 6.86. The van der Waals surface area contributed by atoms with E-state index in [1.807, 2.05) is 18.6 Å². The van der Waals surface area contributed by atoms with Crippen LogP contribution in [0.15, 0.2) is 55.0 Å². The maximum Gasteiger partial charge on any atom is 0.234 e. The summed E-state index contributed by atoms with van der Waals surface area (Å²) in [5, 5.41) is 4.86. The molecule has 6 heteroatoms. The fourth-order valence-corrected chi connectivity index (χ4v) is 7.30. The molecule has 1 saturated carbocycles. The van der Waals surface area contributed by atoms with Gasteiger partial charge in [0.1, 0.15) is 0 Å². The Morgan fingerprint density at radius 1 is 1.07 bits per heavy atom. The van der Waals surface area contributed by atoms with Gasteiger partial charge in [0.2, 0.25) is 5.91 Å². The third-order valence-corrected chi connectivity index (χ3v) is 9.66. The maximum atomic E-state index is 14.0. The minimum Gasteiger partial charge on any atom is -0.353 e. The van der Waals surface area contributed by atoms with E-state index in [1.165, 1.54) is 46.0 Å². The molecule has 1 aromatic carbocycles. The number of fused-ring (bicyclic) bond motifs is 4. The van der Waals surface area contributed by atoms with E-state index in [-0.39, 0.29) is 11.8 Å². The molecule has 3 fully saturated rings. The highest BCUT2D eigenvalue weighted by molar-refractivity contribution is 5.93. The molecule has 6 nitrogen and oxygen atoms in total. The van der Waals surface area contributed by atoms with Crippen LogP contribution in [0, 0.1) is 19.8 Å². The SMILES string of the molecule is Cc1cc(C)cc(-c2[nH]c3cnc(C(C)(C)C(=O)N4CC5CCC4CC5)cc3c2C(C)CNCCc2ccncc2)c1. The predicted molar refractivity (Wildman–Crippen MR) is 171 cm³/mol. The molecule has 2 N–H and O–H groups in total. The lowest BCUT2D eigenvalue weighted by molar-refractivity contribution is -0.144. The van der Waals surface area contributed by atoms with Crippen molar-refractivity contribution < 1.29 is 4.79 Å². The number of piperidine rings is 2. The Morgan fingerprint density at radius 3 is 2.45 bits per heavy atom. The Bertz CT molecular complexity index is 1540. The number of nitrogens with one attached hydrogen (secondary N) is 2. The second-order valence-electron chi connectivity index (χ2n) is 13.4. The molecule has 3 aliphatic rings. The van der Waals surface area contributed by atoms with Crippen molar-refractivity contribution in [1.82, 2.24) is 25.2 Å². The summed E-state index contributed by atoms with van der Waals surface area (Å²) in [6, 6.07) is 13.5. The zero-order valence-electron chi connectivity index (χ0n) is 25.8. The molecule has 220 valence electrons. The van der Waals surface area contributed by atoms with Gasteiger partial charge in [-0.1, -0.05) is 24.1 Å². The zero-order chi connectivity index (χ0) is 29.4. The molecule has 1 aliphatic carbocycles. The monoisotopic (exact) mass is 563 g/mol. The highest BCUT2D eigenvalue weighted by Crippen LogP contribution is 2.40. The number of carbonyl (C=O) groups is 1. The van der Waals surface area contributed by atoms with E-state index in [4.69, 9.17) is 4.98 Å². The number of H-pyrrole nitrogens is 1. The number of pyridine rings is 2. The van der Waals surface area contributed by atoms with Crippen LogP contribution in [0.4, 0.5) is 0 Å². The van der Waals surface area contributed by atoms with Crippen LogP contribution < -0.4 is 5.32 Å². The summed E-state index contributed by atoms with van der Waals surface area (Å²) in [6.45, 7) is 13.4. The van der Waals surface area contributed by atoms with Crippen molar-refractivity contribution >= 4 is 16.8 Å². The van der Waals surface area contributed by atoms with E-state index in [0.717, 1.165) is 55.8 Å². The van der Waals surface area contributed by atoms with Crippen LogP contribution in [0.25, 0.3) is 22.2 Å². The first-order chi connectivity index (χ1) is 20.2. The van der Waals surface area contributed by atoms with E-state index >= 15 is 0 Å². The molecule has 2 aliphatic heterocycles. The molecule has 7 rings (SSSR count). The van der Waals surface area contributed by atoms with Crippen LogP contribution in [0.1, 0.15) is 80.3 Å². The number of nitrogens with zero attached hydrogens (tertiary/aromatic N) is 3. The van der Waals surface area contributed by atoms with E-state index in [9.17, 15) is 4.79 Å². The molecule has 42 heavy (non-hydrogen) atoms. The molecule has 2 saturated heterocycles. The summed E-state index contributed by atoms with van der Waals surface area (Å²) >= 11 is 0. The van der Waals surface area contributed by atoms with E-state index in [1.54, 1.807) is 0 Å². The van der Waals surface area contributed by atoms with Crippen molar-refractivity contribution in [1.29, 1.82) is 0 Å². The van der Waals surface area contributed by atoms with Gasteiger partial charge in [-0.25, -0.2) is 0 Å². The van der Waals surface area contributed by atoms with Gasteiger partial charge in [0, 0.05) is 36.9 Å². The third-order valence-electron chi connectivity index (χ3n) is 9.66. The summed E-state index contributed by atoms with van der Waals surface area (Å²) < 4.78 is 0. The van der Waals surface area contributed by atoms with Crippen LogP contribution in [0.5, 0.6) is 0 Å². The lowest BCUT2D eigenvalue weighted by Gasteiger charge is -2.47. The summed E-state index contributed by atoms with van der Waals surface area (Å²) in [6.07, 6.45) is 11.4. The number of hydrogen-bond acceptors (Lipinski definition) is 4. The summed E-state index contributed by atoms with van der Waals surface area (Å²) in [7, 11) is 0. The van der Waals surface area contributed by atoms with Crippen molar-refractivity contribution in [3.63, 3.8) is 0 Å². The molecule has 0 spiro atoms. The average Bonchev–Trinajstić information content (AvgIpc) is 3.38. The van der Waals surface area contributed by atoms with Crippen LogP contribution in [-0.4, -0.2) is 51.4 Å². The van der Waals surface area contributed by atoms with Gasteiger partial charge in [0.05, 0.1) is 28.5 Å². The molecule has 2 bridgehead atoms. The fourth-order valence-electron chi connectivity index (χ4n) is 7.30. The maximum absolute atomic E-state index is 14.0. The second-order valence-corrected chi connectivity index (χ2v) is 13.4. The van der Waals surface area contributed by atoms with Gasteiger partial charge in [0.15, 0.2) is 0 Å². The van der Waals surface area contributed by atoms with Gasteiger partial charge < -0.3 is 15.2 Å². The van der Waals surface area contributed by atoms with Gasteiger partial charge in [0.25, 0.3) is 0 Å². The average molecular weight is 564 g/mol. The number of carbonyl (C=O) groups excluding carboxylic acids is 1. The highest BCUT2D eigenvalue weighted by Gasteiger charge is 2.43.